The summed E-state index contributed by atoms with van der Waals surface area (Å²) in [4.78, 5) is 21.6. The van der Waals surface area contributed by atoms with Gasteiger partial charge in [0.15, 0.2) is 12.4 Å². The molecule has 0 unspecified atom stereocenters. The summed E-state index contributed by atoms with van der Waals surface area (Å²) in [6.07, 6.45) is 0. The van der Waals surface area contributed by atoms with Gasteiger partial charge in [0.1, 0.15) is 16.4 Å². The van der Waals surface area contributed by atoms with Gasteiger partial charge >= 0.3 is 11.9 Å². The van der Waals surface area contributed by atoms with Crippen LogP contribution in [-0.4, -0.2) is 23.2 Å². The molecule has 0 saturated carbocycles. The van der Waals surface area contributed by atoms with Crippen LogP contribution in [0.3, 0.4) is 0 Å². The Morgan fingerprint density at radius 2 is 2.00 bits per heavy atom. The van der Waals surface area contributed by atoms with Gasteiger partial charge < -0.3 is 18.4 Å². The minimum atomic E-state index is -0.838. The van der Waals surface area contributed by atoms with Crippen molar-refractivity contribution in [3.05, 3.63) is 64.1 Å². The molecular weight excluding hydrogens is 332 g/mol. The summed E-state index contributed by atoms with van der Waals surface area (Å²) in [5, 5.41) is 14.4. The van der Waals surface area contributed by atoms with E-state index in [0.29, 0.717) is 17.2 Å². The van der Waals surface area contributed by atoms with Crippen molar-refractivity contribution < 1.29 is 28.1 Å². The predicted molar refractivity (Wildman–Crippen MR) is 83.0 cm³/mol. The van der Waals surface area contributed by atoms with Gasteiger partial charge in [0.2, 0.25) is 5.76 Å². The molecule has 25 heavy (non-hydrogen) atoms. The molecule has 2 heterocycles. The van der Waals surface area contributed by atoms with Gasteiger partial charge in [0.25, 0.3) is 0 Å². The van der Waals surface area contributed by atoms with Crippen LogP contribution >= 0.6 is 0 Å². The van der Waals surface area contributed by atoms with E-state index in [2.05, 4.69) is 5.16 Å². The van der Waals surface area contributed by atoms with Crippen LogP contribution in [0.2, 0.25) is 0 Å². The SMILES string of the molecule is COc1ccc(-c2cc(COC(=O)c3ccc([N+](=O)[O-])o3)on2)cc1. The molecule has 0 fully saturated rings. The molecule has 9 heteroatoms. The van der Waals surface area contributed by atoms with E-state index in [9.17, 15) is 14.9 Å². The quantitative estimate of drug-likeness (QED) is 0.380. The number of rotatable bonds is 6. The number of carbonyl (C=O) groups excluding carboxylic acids is 1. The molecule has 1 aromatic carbocycles. The fourth-order valence-corrected chi connectivity index (χ4v) is 2.02. The lowest BCUT2D eigenvalue weighted by Gasteiger charge is -1.99. The summed E-state index contributed by atoms with van der Waals surface area (Å²) in [5.74, 6) is -0.598. The maximum absolute atomic E-state index is 11.8. The van der Waals surface area contributed by atoms with Gasteiger partial charge in [-0.3, -0.25) is 10.1 Å². The zero-order valence-corrected chi connectivity index (χ0v) is 13.0. The average molecular weight is 344 g/mol. The first kappa shape index (κ1) is 16.2. The van der Waals surface area contributed by atoms with Crippen LogP contribution in [0.25, 0.3) is 11.3 Å². The van der Waals surface area contributed by atoms with Crippen LogP contribution in [0, 0.1) is 10.1 Å². The van der Waals surface area contributed by atoms with Gasteiger partial charge in [-0.1, -0.05) is 5.16 Å². The van der Waals surface area contributed by atoms with Gasteiger partial charge in [-0.05, 0) is 30.3 Å². The maximum atomic E-state index is 11.8. The van der Waals surface area contributed by atoms with Crippen LogP contribution in [0.1, 0.15) is 16.3 Å². The van der Waals surface area contributed by atoms with Crippen LogP contribution < -0.4 is 4.74 Å². The molecule has 0 saturated heterocycles. The fourth-order valence-electron chi connectivity index (χ4n) is 2.02. The van der Waals surface area contributed by atoms with Crippen LogP contribution in [-0.2, 0) is 11.3 Å². The zero-order valence-electron chi connectivity index (χ0n) is 13.0. The van der Waals surface area contributed by atoms with E-state index in [1.807, 2.05) is 12.1 Å². The minimum absolute atomic E-state index is 0.184. The third-order valence-electron chi connectivity index (χ3n) is 3.26. The molecule has 3 rings (SSSR count). The van der Waals surface area contributed by atoms with E-state index in [1.54, 1.807) is 25.3 Å². The Balaban J connectivity index is 1.62. The molecule has 0 atom stereocenters. The molecule has 0 aliphatic rings. The van der Waals surface area contributed by atoms with Crippen molar-refractivity contribution in [3.8, 4) is 17.0 Å². The Morgan fingerprint density at radius 3 is 2.64 bits per heavy atom. The largest absolute Gasteiger partial charge is 0.497 e. The Morgan fingerprint density at radius 1 is 1.24 bits per heavy atom. The highest BCUT2D eigenvalue weighted by Crippen LogP contribution is 2.23. The number of benzene rings is 1. The minimum Gasteiger partial charge on any atom is -0.497 e. The predicted octanol–water partition coefficient (Wildman–Crippen LogP) is 3.21. The van der Waals surface area contributed by atoms with Gasteiger partial charge in [0, 0.05) is 11.6 Å². The fraction of sp³-hybridized carbons (Fsp3) is 0.125. The molecular formula is C16H12N2O7. The second kappa shape index (κ2) is 6.87. The third-order valence-corrected chi connectivity index (χ3v) is 3.26. The lowest BCUT2D eigenvalue weighted by molar-refractivity contribution is -0.402. The van der Waals surface area contributed by atoms with Crippen molar-refractivity contribution in [1.29, 1.82) is 0 Å². The second-order valence-electron chi connectivity index (χ2n) is 4.88. The summed E-state index contributed by atoms with van der Waals surface area (Å²) in [5.41, 5.74) is 1.38. The van der Waals surface area contributed by atoms with E-state index in [-0.39, 0.29) is 12.4 Å². The number of nitro groups is 1. The molecule has 2 aromatic heterocycles. The van der Waals surface area contributed by atoms with E-state index in [0.717, 1.165) is 11.6 Å². The summed E-state index contributed by atoms with van der Waals surface area (Å²) < 4.78 is 19.9. The summed E-state index contributed by atoms with van der Waals surface area (Å²) in [7, 11) is 1.57. The highest BCUT2D eigenvalue weighted by molar-refractivity contribution is 5.86. The molecule has 0 amide bonds. The molecule has 0 bridgehead atoms. The lowest BCUT2D eigenvalue weighted by Crippen LogP contribution is -2.03. The Labute approximate surface area is 140 Å². The van der Waals surface area contributed by atoms with Gasteiger partial charge in [-0.2, -0.15) is 0 Å². The molecule has 0 aliphatic heterocycles. The van der Waals surface area contributed by atoms with Crippen molar-refractivity contribution in [3.63, 3.8) is 0 Å². The highest BCUT2D eigenvalue weighted by Gasteiger charge is 2.19. The second-order valence-corrected chi connectivity index (χ2v) is 4.88. The van der Waals surface area contributed by atoms with Gasteiger partial charge in [0.05, 0.1) is 13.2 Å². The number of aromatic nitrogens is 1. The van der Waals surface area contributed by atoms with E-state index in [4.69, 9.17) is 18.4 Å². The monoisotopic (exact) mass is 344 g/mol. The van der Waals surface area contributed by atoms with E-state index < -0.39 is 16.8 Å². The number of ether oxygens (including phenoxy) is 2. The Kier molecular flexibility index (Phi) is 4.46. The summed E-state index contributed by atoms with van der Waals surface area (Å²) in [6, 6.07) is 11.1. The topological polar surface area (TPSA) is 118 Å². The number of carbonyl (C=O) groups is 1. The summed E-state index contributed by atoms with van der Waals surface area (Å²) in [6.45, 7) is -0.184. The van der Waals surface area contributed by atoms with Crippen LogP contribution in [0.5, 0.6) is 5.75 Å². The number of esters is 1. The molecule has 0 N–H and O–H groups in total. The van der Waals surface area contributed by atoms with Gasteiger partial charge in [-0.15, -0.1) is 0 Å². The lowest BCUT2D eigenvalue weighted by atomic mass is 10.1. The number of methoxy groups -OCH3 is 1. The molecule has 9 nitrogen and oxygen atoms in total. The molecule has 128 valence electrons. The number of hydrogen-bond acceptors (Lipinski definition) is 8. The average Bonchev–Trinajstić information content (AvgIpc) is 3.29. The van der Waals surface area contributed by atoms with E-state index in [1.165, 1.54) is 6.07 Å². The van der Waals surface area contributed by atoms with Crippen molar-refractivity contribution in [2.45, 2.75) is 6.61 Å². The number of furan rings is 1. The maximum Gasteiger partial charge on any atom is 0.433 e. The highest BCUT2D eigenvalue weighted by atomic mass is 16.7. The van der Waals surface area contributed by atoms with Crippen molar-refractivity contribution in [2.24, 2.45) is 0 Å². The first-order chi connectivity index (χ1) is 12.1. The Hall–Kier alpha value is -3.62. The third kappa shape index (κ3) is 3.66. The number of nitrogens with zero attached hydrogens (tertiary/aromatic N) is 2. The zero-order chi connectivity index (χ0) is 17.8. The first-order valence-corrected chi connectivity index (χ1v) is 7.08. The van der Waals surface area contributed by atoms with Crippen LogP contribution in [0.4, 0.5) is 5.88 Å². The summed E-state index contributed by atoms with van der Waals surface area (Å²) >= 11 is 0. The van der Waals surface area contributed by atoms with Crippen molar-refractivity contribution >= 4 is 11.9 Å². The normalized spacial score (nSPS) is 10.4. The van der Waals surface area contributed by atoms with Gasteiger partial charge in [-0.25, -0.2) is 4.79 Å². The van der Waals surface area contributed by atoms with Crippen LogP contribution in [0.15, 0.2) is 51.4 Å². The number of hydrogen-bond donors (Lipinski definition) is 0. The Bertz CT molecular complexity index is 895. The molecule has 0 radical (unpaired) electrons. The van der Waals surface area contributed by atoms with E-state index >= 15 is 0 Å². The van der Waals surface area contributed by atoms with Crippen molar-refractivity contribution in [1.82, 2.24) is 5.16 Å². The van der Waals surface area contributed by atoms with Crippen molar-refractivity contribution in [2.75, 3.05) is 7.11 Å². The molecule has 0 aliphatic carbocycles. The standard InChI is InChI=1S/C16H12N2O7/c1-22-11-4-2-10(3-5-11)13-8-12(25-17-13)9-23-16(19)14-6-7-15(24-14)18(20)21/h2-8H,9H2,1H3. The smallest absolute Gasteiger partial charge is 0.433 e. The molecule has 0 spiro atoms. The first-order valence-electron chi connectivity index (χ1n) is 7.08. The molecule has 3 aromatic rings.